The molecule has 1 N–H and O–H groups in total. The zero-order chi connectivity index (χ0) is 11.6. The standard InChI is InChI=1S/C9H14BrF2N3/c1-5-8(10)7(15(3)14-5)4-6(13-2)9(11)12/h6,9,13H,4H2,1-3H3. The van der Waals surface area contributed by atoms with Crippen LogP contribution in [0.25, 0.3) is 0 Å². The maximum absolute atomic E-state index is 12.5. The minimum atomic E-state index is -2.38. The molecule has 1 rings (SSSR count). The Morgan fingerprint density at radius 1 is 1.53 bits per heavy atom. The highest BCUT2D eigenvalue weighted by atomic mass is 79.9. The van der Waals surface area contributed by atoms with Crippen molar-refractivity contribution in [2.24, 2.45) is 7.05 Å². The Hall–Kier alpha value is -0.490. The van der Waals surface area contributed by atoms with Gasteiger partial charge in [0.15, 0.2) is 0 Å². The third-order valence-corrected chi connectivity index (χ3v) is 3.38. The number of hydrogen-bond donors (Lipinski definition) is 1. The van der Waals surface area contributed by atoms with Crippen LogP contribution in [0, 0.1) is 6.92 Å². The molecule has 1 unspecified atom stereocenters. The van der Waals surface area contributed by atoms with Gasteiger partial charge in [-0.25, -0.2) is 8.78 Å². The lowest BCUT2D eigenvalue weighted by Gasteiger charge is -2.15. The lowest BCUT2D eigenvalue weighted by Crippen LogP contribution is -2.35. The maximum atomic E-state index is 12.5. The maximum Gasteiger partial charge on any atom is 0.254 e. The second kappa shape index (κ2) is 5.03. The molecule has 0 saturated heterocycles. The average molecular weight is 282 g/mol. The van der Waals surface area contributed by atoms with Crippen molar-refractivity contribution in [3.8, 4) is 0 Å². The van der Waals surface area contributed by atoms with E-state index in [0.29, 0.717) is 0 Å². The topological polar surface area (TPSA) is 29.9 Å². The number of rotatable bonds is 4. The van der Waals surface area contributed by atoms with E-state index >= 15 is 0 Å². The molecule has 0 amide bonds. The fraction of sp³-hybridized carbons (Fsp3) is 0.667. The Kier molecular flexibility index (Phi) is 4.21. The predicted octanol–water partition coefficient (Wildman–Crippen LogP) is 1.89. The van der Waals surface area contributed by atoms with Crippen molar-refractivity contribution in [2.75, 3.05) is 7.05 Å². The first-order chi connectivity index (χ1) is 6.97. The first kappa shape index (κ1) is 12.6. The summed E-state index contributed by atoms with van der Waals surface area (Å²) in [6.45, 7) is 1.84. The van der Waals surface area contributed by atoms with E-state index in [1.807, 2.05) is 6.92 Å². The van der Waals surface area contributed by atoms with Gasteiger partial charge in [0.05, 0.1) is 21.9 Å². The summed E-state index contributed by atoms with van der Waals surface area (Å²) in [6, 6.07) is -0.837. The highest BCUT2D eigenvalue weighted by Gasteiger charge is 2.22. The van der Waals surface area contributed by atoms with Crippen LogP contribution in [-0.4, -0.2) is 29.3 Å². The van der Waals surface area contributed by atoms with Gasteiger partial charge in [0, 0.05) is 13.5 Å². The van der Waals surface area contributed by atoms with E-state index < -0.39 is 12.5 Å². The zero-order valence-corrected chi connectivity index (χ0v) is 10.5. The van der Waals surface area contributed by atoms with Crippen molar-refractivity contribution in [3.63, 3.8) is 0 Å². The smallest absolute Gasteiger partial charge is 0.254 e. The summed E-state index contributed by atoms with van der Waals surface area (Å²) in [6.07, 6.45) is -2.12. The molecule has 0 radical (unpaired) electrons. The van der Waals surface area contributed by atoms with E-state index in [9.17, 15) is 8.78 Å². The Morgan fingerprint density at radius 3 is 2.47 bits per heavy atom. The summed E-state index contributed by atoms with van der Waals surface area (Å²) in [4.78, 5) is 0. The van der Waals surface area contributed by atoms with Gasteiger partial charge in [-0.15, -0.1) is 0 Å². The fourth-order valence-corrected chi connectivity index (χ4v) is 1.93. The number of nitrogens with zero attached hydrogens (tertiary/aromatic N) is 2. The minimum Gasteiger partial charge on any atom is -0.312 e. The van der Waals surface area contributed by atoms with Gasteiger partial charge < -0.3 is 5.32 Å². The van der Waals surface area contributed by atoms with Gasteiger partial charge in [-0.1, -0.05) is 0 Å². The van der Waals surface area contributed by atoms with Gasteiger partial charge in [0.1, 0.15) is 0 Å². The monoisotopic (exact) mass is 281 g/mol. The molecule has 0 aromatic carbocycles. The highest BCUT2D eigenvalue weighted by molar-refractivity contribution is 9.10. The second-order valence-corrected chi connectivity index (χ2v) is 4.20. The van der Waals surface area contributed by atoms with Crippen molar-refractivity contribution in [1.29, 1.82) is 0 Å². The molecule has 0 aliphatic carbocycles. The quantitative estimate of drug-likeness (QED) is 0.914. The summed E-state index contributed by atoms with van der Waals surface area (Å²) < 4.78 is 27.5. The molecule has 0 aliphatic heterocycles. The van der Waals surface area contributed by atoms with Gasteiger partial charge in [-0.3, -0.25) is 4.68 Å². The number of nitrogens with one attached hydrogen (secondary N) is 1. The van der Waals surface area contributed by atoms with E-state index in [4.69, 9.17) is 0 Å². The van der Waals surface area contributed by atoms with Gasteiger partial charge >= 0.3 is 0 Å². The van der Waals surface area contributed by atoms with Crippen molar-refractivity contribution in [3.05, 3.63) is 15.9 Å². The third kappa shape index (κ3) is 2.75. The van der Waals surface area contributed by atoms with E-state index in [2.05, 4.69) is 26.3 Å². The molecular formula is C9H14BrF2N3. The second-order valence-electron chi connectivity index (χ2n) is 3.40. The number of halogens is 3. The number of hydrogen-bond acceptors (Lipinski definition) is 2. The predicted molar refractivity (Wildman–Crippen MR) is 58.2 cm³/mol. The van der Waals surface area contributed by atoms with E-state index in [-0.39, 0.29) is 6.42 Å². The van der Waals surface area contributed by atoms with Gasteiger partial charge in [-0.05, 0) is 29.9 Å². The summed E-state index contributed by atoms with van der Waals surface area (Å²) in [5.74, 6) is 0. The van der Waals surface area contributed by atoms with Crippen LogP contribution in [0.4, 0.5) is 8.78 Å². The molecule has 0 fully saturated rings. The van der Waals surface area contributed by atoms with Crippen LogP contribution >= 0.6 is 15.9 Å². The summed E-state index contributed by atoms with van der Waals surface area (Å²) in [7, 11) is 3.29. The molecule has 1 aromatic rings. The van der Waals surface area contributed by atoms with Crippen LogP contribution in [0.3, 0.4) is 0 Å². The van der Waals surface area contributed by atoms with Crippen molar-refractivity contribution < 1.29 is 8.78 Å². The first-order valence-corrected chi connectivity index (χ1v) is 5.40. The highest BCUT2D eigenvalue weighted by Crippen LogP contribution is 2.22. The lowest BCUT2D eigenvalue weighted by atomic mass is 10.1. The van der Waals surface area contributed by atoms with Crippen molar-refractivity contribution in [1.82, 2.24) is 15.1 Å². The molecule has 3 nitrogen and oxygen atoms in total. The van der Waals surface area contributed by atoms with Crippen LogP contribution in [0.2, 0.25) is 0 Å². The van der Waals surface area contributed by atoms with Gasteiger partial charge in [0.2, 0.25) is 0 Å². The number of aryl methyl sites for hydroxylation is 2. The minimum absolute atomic E-state index is 0.256. The van der Waals surface area contributed by atoms with Gasteiger partial charge in [-0.2, -0.15) is 5.10 Å². The molecule has 1 aromatic heterocycles. The third-order valence-electron chi connectivity index (χ3n) is 2.35. The zero-order valence-electron chi connectivity index (χ0n) is 8.89. The molecule has 86 valence electrons. The van der Waals surface area contributed by atoms with Crippen molar-refractivity contribution >= 4 is 15.9 Å². The van der Waals surface area contributed by atoms with E-state index in [0.717, 1.165) is 15.9 Å². The Labute approximate surface area is 96.0 Å². The SMILES string of the molecule is CNC(Cc1c(Br)c(C)nn1C)C(F)F. The normalized spacial score (nSPS) is 13.5. The molecule has 0 bridgehead atoms. The molecule has 0 aliphatic rings. The molecule has 15 heavy (non-hydrogen) atoms. The molecule has 6 heteroatoms. The Balaban J connectivity index is 2.88. The molecule has 1 atom stereocenters. The molecule has 1 heterocycles. The largest absolute Gasteiger partial charge is 0.312 e. The van der Waals surface area contributed by atoms with Crippen LogP contribution in [0.15, 0.2) is 4.47 Å². The molecular weight excluding hydrogens is 268 g/mol. The summed E-state index contributed by atoms with van der Waals surface area (Å²) in [5.41, 5.74) is 1.60. The first-order valence-electron chi connectivity index (χ1n) is 4.60. The number of alkyl halides is 2. The van der Waals surface area contributed by atoms with Gasteiger partial charge in [0.25, 0.3) is 6.43 Å². The Bertz CT molecular complexity index is 338. The van der Waals surface area contributed by atoms with Crippen LogP contribution in [-0.2, 0) is 13.5 Å². The van der Waals surface area contributed by atoms with Crippen LogP contribution < -0.4 is 5.32 Å². The van der Waals surface area contributed by atoms with E-state index in [1.165, 1.54) is 7.05 Å². The van der Waals surface area contributed by atoms with Crippen LogP contribution in [0.1, 0.15) is 11.4 Å². The summed E-state index contributed by atoms with van der Waals surface area (Å²) >= 11 is 3.35. The number of likely N-dealkylation sites (N-methyl/N-ethyl adjacent to an activating group) is 1. The molecule has 0 saturated carbocycles. The lowest BCUT2D eigenvalue weighted by molar-refractivity contribution is 0.101. The number of aromatic nitrogens is 2. The Morgan fingerprint density at radius 2 is 2.13 bits per heavy atom. The van der Waals surface area contributed by atoms with Crippen molar-refractivity contribution in [2.45, 2.75) is 25.8 Å². The van der Waals surface area contributed by atoms with Crippen LogP contribution in [0.5, 0.6) is 0 Å². The fourth-order valence-electron chi connectivity index (χ4n) is 1.43. The molecule has 0 spiro atoms. The summed E-state index contributed by atoms with van der Waals surface area (Å²) in [5, 5.41) is 6.76. The van der Waals surface area contributed by atoms with E-state index in [1.54, 1.807) is 11.7 Å². The average Bonchev–Trinajstić information content (AvgIpc) is 2.39.